The monoisotopic (exact) mass is 189 g/mol. The van der Waals surface area contributed by atoms with Crippen molar-refractivity contribution in [1.82, 2.24) is 9.55 Å². The Morgan fingerprint density at radius 2 is 2.50 bits per heavy atom. The molecule has 66 valence electrons. The van der Waals surface area contributed by atoms with Crippen LogP contribution < -0.4 is 11.4 Å². The van der Waals surface area contributed by atoms with Crippen LogP contribution >= 0.6 is 11.8 Å². The largest absolute Gasteiger partial charge is 0.381 e. The first kappa shape index (κ1) is 9.05. The maximum absolute atomic E-state index is 12.7. The molecule has 0 unspecified atom stereocenters. The molecule has 1 heterocycles. The summed E-state index contributed by atoms with van der Waals surface area (Å²) < 4.78 is 13.9. The van der Waals surface area contributed by atoms with Crippen molar-refractivity contribution in [2.75, 3.05) is 12.0 Å². The molecule has 12 heavy (non-hydrogen) atoms. The molecule has 0 aliphatic rings. The first-order valence-corrected chi connectivity index (χ1v) is 4.56. The number of nitrogens with zero attached hydrogens (tertiary/aromatic N) is 2. The van der Waals surface area contributed by atoms with Crippen LogP contribution in [0.5, 0.6) is 0 Å². The minimum Gasteiger partial charge on any atom is -0.381 e. The van der Waals surface area contributed by atoms with Gasteiger partial charge in [-0.1, -0.05) is 0 Å². The van der Waals surface area contributed by atoms with Crippen LogP contribution in [0.25, 0.3) is 0 Å². The molecule has 0 aliphatic heterocycles. The number of rotatable bonds is 2. The van der Waals surface area contributed by atoms with Gasteiger partial charge in [-0.2, -0.15) is 4.98 Å². The van der Waals surface area contributed by atoms with Crippen LogP contribution in [0, 0.1) is 5.82 Å². The molecule has 0 saturated heterocycles. The predicted octanol–water partition coefficient (Wildman–Crippen LogP) is 0.285. The van der Waals surface area contributed by atoms with E-state index in [1.54, 1.807) is 6.26 Å². The van der Waals surface area contributed by atoms with Crippen LogP contribution in [0.4, 0.5) is 10.2 Å². The van der Waals surface area contributed by atoms with Crippen molar-refractivity contribution < 1.29 is 4.39 Å². The maximum Gasteiger partial charge on any atom is 0.350 e. The van der Waals surface area contributed by atoms with E-state index in [1.165, 1.54) is 11.8 Å². The number of hydrogen-bond acceptors (Lipinski definition) is 4. The molecule has 0 amide bonds. The van der Waals surface area contributed by atoms with Gasteiger partial charge in [0.05, 0.1) is 5.88 Å². The van der Waals surface area contributed by atoms with Gasteiger partial charge in [0, 0.05) is 6.20 Å². The van der Waals surface area contributed by atoms with E-state index < -0.39 is 11.5 Å². The minimum atomic E-state index is -0.663. The zero-order chi connectivity index (χ0) is 9.14. The summed E-state index contributed by atoms with van der Waals surface area (Å²) in [5, 5.41) is 0. The first-order valence-electron chi connectivity index (χ1n) is 3.16. The number of halogens is 1. The number of anilines is 1. The molecule has 6 heteroatoms. The molecule has 0 aromatic carbocycles. The third-order valence-electron chi connectivity index (χ3n) is 1.24. The smallest absolute Gasteiger partial charge is 0.350 e. The topological polar surface area (TPSA) is 60.9 Å². The highest BCUT2D eigenvalue weighted by Gasteiger charge is 2.03. The average molecular weight is 189 g/mol. The summed E-state index contributed by atoms with van der Waals surface area (Å²) in [7, 11) is 0. The Labute approximate surface area is 72.6 Å². The van der Waals surface area contributed by atoms with Crippen molar-refractivity contribution in [1.29, 1.82) is 0 Å². The van der Waals surface area contributed by atoms with E-state index in [2.05, 4.69) is 4.98 Å². The standard InChI is InChI=1S/C6H8FN3OS/c1-12-3-10-2-4(7)5(8)9-6(10)11/h2H,3H2,1H3,(H2,8,9,11). The predicted molar refractivity (Wildman–Crippen MR) is 46.4 cm³/mol. The normalized spacial score (nSPS) is 10.2. The first-order chi connectivity index (χ1) is 5.65. The summed E-state index contributed by atoms with van der Waals surface area (Å²) in [6.07, 6.45) is 2.86. The van der Waals surface area contributed by atoms with Crippen LogP contribution in [0.3, 0.4) is 0 Å². The lowest BCUT2D eigenvalue weighted by atomic mass is 10.5. The van der Waals surface area contributed by atoms with Gasteiger partial charge < -0.3 is 5.73 Å². The molecule has 0 spiro atoms. The molecule has 1 aromatic heterocycles. The average Bonchev–Trinajstić information content (AvgIpc) is 2.01. The SMILES string of the molecule is CSCn1cc(F)c(N)nc1=O. The molecule has 2 N–H and O–H groups in total. The minimum absolute atomic E-state index is 0.350. The van der Waals surface area contributed by atoms with E-state index in [0.29, 0.717) is 5.88 Å². The molecule has 0 atom stereocenters. The Morgan fingerprint density at radius 3 is 3.08 bits per heavy atom. The van der Waals surface area contributed by atoms with Crippen LogP contribution in [-0.4, -0.2) is 15.8 Å². The second-order valence-corrected chi connectivity index (χ2v) is 2.98. The number of hydrogen-bond donors (Lipinski definition) is 1. The van der Waals surface area contributed by atoms with E-state index >= 15 is 0 Å². The van der Waals surface area contributed by atoms with E-state index in [0.717, 1.165) is 10.8 Å². The number of nitrogens with two attached hydrogens (primary N) is 1. The second kappa shape index (κ2) is 3.57. The van der Waals surface area contributed by atoms with E-state index in [1.807, 2.05) is 0 Å². The fourth-order valence-corrected chi connectivity index (χ4v) is 1.17. The van der Waals surface area contributed by atoms with Crippen molar-refractivity contribution in [3.05, 3.63) is 22.5 Å². The summed E-state index contributed by atoms with van der Waals surface area (Å²) in [4.78, 5) is 14.3. The zero-order valence-corrected chi connectivity index (χ0v) is 7.27. The van der Waals surface area contributed by atoms with E-state index in [4.69, 9.17) is 5.73 Å². The van der Waals surface area contributed by atoms with Gasteiger partial charge in [0.25, 0.3) is 0 Å². The molecular formula is C6H8FN3OS. The lowest BCUT2D eigenvalue weighted by Crippen LogP contribution is -2.23. The number of aromatic nitrogens is 2. The van der Waals surface area contributed by atoms with Crippen LogP contribution in [0.2, 0.25) is 0 Å². The number of nitrogen functional groups attached to an aromatic ring is 1. The van der Waals surface area contributed by atoms with Gasteiger partial charge in [-0.05, 0) is 6.26 Å². The zero-order valence-electron chi connectivity index (χ0n) is 6.45. The van der Waals surface area contributed by atoms with E-state index in [-0.39, 0.29) is 5.82 Å². The molecule has 1 rings (SSSR count). The van der Waals surface area contributed by atoms with Crippen molar-refractivity contribution >= 4 is 17.6 Å². The Morgan fingerprint density at radius 1 is 1.83 bits per heavy atom. The lowest BCUT2D eigenvalue weighted by molar-refractivity contribution is 0.595. The Balaban J connectivity index is 3.14. The molecular weight excluding hydrogens is 181 g/mol. The highest BCUT2D eigenvalue weighted by molar-refractivity contribution is 7.97. The van der Waals surface area contributed by atoms with Crippen molar-refractivity contribution in [3.63, 3.8) is 0 Å². The summed E-state index contributed by atoms with van der Waals surface area (Å²) in [5.41, 5.74) is 4.55. The van der Waals surface area contributed by atoms with Gasteiger partial charge in [0.2, 0.25) is 0 Å². The summed E-state index contributed by atoms with van der Waals surface area (Å²) >= 11 is 1.40. The molecule has 0 fully saturated rings. The van der Waals surface area contributed by atoms with Crippen LogP contribution in [0.1, 0.15) is 0 Å². The van der Waals surface area contributed by atoms with Gasteiger partial charge in [-0.25, -0.2) is 9.18 Å². The Kier molecular flexibility index (Phi) is 2.69. The van der Waals surface area contributed by atoms with Crippen molar-refractivity contribution in [2.45, 2.75) is 5.88 Å². The summed E-state index contributed by atoms with van der Waals surface area (Å²) in [6, 6.07) is 0. The van der Waals surface area contributed by atoms with E-state index in [9.17, 15) is 9.18 Å². The van der Waals surface area contributed by atoms with Crippen LogP contribution in [0.15, 0.2) is 11.0 Å². The molecule has 0 bridgehead atoms. The highest BCUT2D eigenvalue weighted by Crippen LogP contribution is 2.03. The third-order valence-corrected chi connectivity index (χ3v) is 1.78. The maximum atomic E-state index is 12.7. The van der Waals surface area contributed by atoms with Gasteiger partial charge >= 0.3 is 5.69 Å². The lowest BCUT2D eigenvalue weighted by Gasteiger charge is -2.02. The third kappa shape index (κ3) is 1.76. The number of thioether (sulfide) groups is 1. The van der Waals surface area contributed by atoms with Gasteiger partial charge in [-0.15, -0.1) is 11.8 Å². The van der Waals surface area contributed by atoms with Crippen LogP contribution in [-0.2, 0) is 5.88 Å². The molecule has 0 aliphatic carbocycles. The highest BCUT2D eigenvalue weighted by atomic mass is 32.2. The van der Waals surface area contributed by atoms with Gasteiger partial charge in [-0.3, -0.25) is 4.57 Å². The van der Waals surface area contributed by atoms with Crippen molar-refractivity contribution in [2.24, 2.45) is 0 Å². The second-order valence-electron chi connectivity index (χ2n) is 2.14. The summed E-state index contributed by atoms with van der Waals surface area (Å²) in [5.74, 6) is -0.635. The van der Waals surface area contributed by atoms with Crippen molar-refractivity contribution in [3.8, 4) is 0 Å². The molecule has 4 nitrogen and oxygen atoms in total. The quantitative estimate of drug-likeness (QED) is 0.726. The Bertz CT molecular complexity index is 338. The molecule has 0 saturated carbocycles. The van der Waals surface area contributed by atoms with Gasteiger partial charge in [0.15, 0.2) is 11.6 Å². The molecule has 1 aromatic rings. The summed E-state index contributed by atoms with van der Waals surface area (Å²) in [6.45, 7) is 0. The fraction of sp³-hybridized carbons (Fsp3) is 0.333. The fourth-order valence-electron chi connectivity index (χ4n) is 0.710. The molecule has 0 radical (unpaired) electrons. The van der Waals surface area contributed by atoms with Gasteiger partial charge in [0.1, 0.15) is 0 Å². The Hall–Kier alpha value is -1.04.